The van der Waals surface area contributed by atoms with Crippen molar-refractivity contribution in [3.63, 3.8) is 0 Å². The number of benzene rings is 2. The van der Waals surface area contributed by atoms with E-state index in [9.17, 15) is 34.5 Å². The zero-order valence-corrected chi connectivity index (χ0v) is 23.3. The summed E-state index contributed by atoms with van der Waals surface area (Å²) < 4.78 is 0. The van der Waals surface area contributed by atoms with Crippen LogP contribution >= 0.6 is 0 Å². The van der Waals surface area contributed by atoms with Crippen molar-refractivity contribution in [1.82, 2.24) is 16.0 Å². The second kappa shape index (κ2) is 16.5. The Bertz CT molecular complexity index is 1220. The van der Waals surface area contributed by atoms with Crippen LogP contribution in [0.2, 0.25) is 0 Å². The number of carboxylic acid groups (broad SMARTS) is 1. The monoisotopic (exact) mass is 585 g/mol. The fourth-order valence-corrected chi connectivity index (χ4v) is 3.93. The summed E-state index contributed by atoms with van der Waals surface area (Å²) in [7, 11) is 0. The summed E-state index contributed by atoms with van der Waals surface area (Å²) in [5.41, 5.74) is 17.6. The Hall–Kier alpha value is -4.69. The van der Waals surface area contributed by atoms with E-state index >= 15 is 0 Å². The lowest BCUT2D eigenvalue weighted by atomic mass is 10.0. The van der Waals surface area contributed by atoms with Gasteiger partial charge >= 0.3 is 5.97 Å². The van der Waals surface area contributed by atoms with Gasteiger partial charge in [0.25, 0.3) is 0 Å². The van der Waals surface area contributed by atoms with Gasteiger partial charge in [0.05, 0.1) is 6.10 Å². The summed E-state index contributed by atoms with van der Waals surface area (Å²) in [5.74, 6) is -3.72. The highest BCUT2D eigenvalue weighted by molar-refractivity contribution is 5.94. The Balaban J connectivity index is 2.30. The number of hydrogen-bond acceptors (Lipinski definition) is 8. The van der Waals surface area contributed by atoms with Crippen LogP contribution < -0.4 is 33.2 Å². The summed E-state index contributed by atoms with van der Waals surface area (Å²) in [6.45, 7) is 1.50. The van der Waals surface area contributed by atoms with Gasteiger partial charge in [0.2, 0.25) is 17.7 Å². The number of nitrogens with one attached hydrogen (secondary N) is 3. The minimum absolute atomic E-state index is 0.00408. The summed E-state index contributed by atoms with van der Waals surface area (Å²) in [5, 5.41) is 36.7. The number of phenols is 1. The number of nitrogens with zero attached hydrogens (tertiary/aromatic N) is 1. The number of aliphatic hydroxyl groups is 1. The maximum atomic E-state index is 13.5. The van der Waals surface area contributed by atoms with Gasteiger partial charge in [-0.2, -0.15) is 0 Å². The Morgan fingerprint density at radius 2 is 1.31 bits per heavy atom. The largest absolute Gasteiger partial charge is 0.508 e. The molecule has 0 heterocycles. The summed E-state index contributed by atoms with van der Waals surface area (Å²) in [6, 6.07) is 9.68. The molecule has 3 amide bonds. The van der Waals surface area contributed by atoms with Crippen molar-refractivity contribution in [1.29, 1.82) is 0 Å². The topological polar surface area (TPSA) is 255 Å². The molecular weight excluding hydrogens is 546 g/mol. The van der Waals surface area contributed by atoms with Crippen molar-refractivity contribution in [3.05, 3.63) is 65.7 Å². The van der Waals surface area contributed by atoms with Crippen LogP contribution in [0.3, 0.4) is 0 Å². The van der Waals surface area contributed by atoms with Crippen LogP contribution in [-0.4, -0.2) is 81.8 Å². The van der Waals surface area contributed by atoms with Crippen LogP contribution in [0.5, 0.6) is 5.75 Å². The zero-order valence-electron chi connectivity index (χ0n) is 23.3. The molecule has 2 rings (SSSR count). The van der Waals surface area contributed by atoms with Gasteiger partial charge in [-0.1, -0.05) is 42.5 Å². The molecule has 14 nitrogen and oxygen atoms in total. The average molecular weight is 586 g/mol. The predicted molar refractivity (Wildman–Crippen MR) is 155 cm³/mol. The standard InChI is InChI=1S/C28H39N7O7/c1-16(36)23(29)26(40)35-22(14-17-6-3-2-4-7-17)25(39)34-21(15-18-9-11-19(37)12-10-18)24(38)33-20(27(41)42)8-5-13-32-28(30)31/h2-4,6-7,9-12,16,20-23,36-37H,5,8,13-15,29H2,1H3,(H,33,38)(H,34,39)(H,35,40)(H,41,42)(H4,30,31,32). The third kappa shape index (κ3) is 11.4. The number of aromatic hydroxyl groups is 1. The molecule has 0 saturated heterocycles. The molecule has 0 spiro atoms. The van der Waals surface area contributed by atoms with Crippen LogP contribution in [0.25, 0.3) is 0 Å². The third-order valence-electron chi connectivity index (χ3n) is 6.31. The van der Waals surface area contributed by atoms with Gasteiger partial charge in [-0.25, -0.2) is 4.79 Å². The number of guanidine groups is 1. The molecule has 0 aliphatic rings. The van der Waals surface area contributed by atoms with E-state index in [1.54, 1.807) is 42.5 Å². The van der Waals surface area contributed by atoms with Crippen LogP contribution in [-0.2, 0) is 32.0 Å². The fraction of sp³-hybridized carbons (Fsp3) is 0.393. The van der Waals surface area contributed by atoms with E-state index in [2.05, 4.69) is 20.9 Å². The molecular formula is C28H39N7O7. The van der Waals surface area contributed by atoms with Crippen molar-refractivity contribution in [2.75, 3.05) is 6.54 Å². The lowest BCUT2D eigenvalue weighted by Gasteiger charge is -2.26. The van der Waals surface area contributed by atoms with E-state index in [4.69, 9.17) is 17.2 Å². The number of carbonyl (C=O) groups excluding carboxylic acids is 3. The molecule has 228 valence electrons. The average Bonchev–Trinajstić information content (AvgIpc) is 2.94. The maximum Gasteiger partial charge on any atom is 0.326 e. The molecule has 2 aromatic carbocycles. The molecule has 14 heteroatoms. The number of aliphatic carboxylic acids is 1. The number of rotatable bonds is 16. The van der Waals surface area contributed by atoms with Crippen LogP contribution in [0.1, 0.15) is 30.9 Å². The molecule has 0 bridgehead atoms. The molecule has 5 unspecified atom stereocenters. The van der Waals surface area contributed by atoms with Gasteiger partial charge in [-0.05, 0) is 43.0 Å². The third-order valence-corrected chi connectivity index (χ3v) is 6.31. The second-order valence-corrected chi connectivity index (χ2v) is 9.80. The molecule has 0 aliphatic carbocycles. The molecule has 12 N–H and O–H groups in total. The van der Waals surface area contributed by atoms with Gasteiger partial charge in [0.15, 0.2) is 5.96 Å². The first-order valence-corrected chi connectivity index (χ1v) is 13.3. The lowest BCUT2D eigenvalue weighted by molar-refractivity contribution is -0.142. The van der Waals surface area contributed by atoms with Crippen molar-refractivity contribution >= 4 is 29.7 Å². The molecule has 5 atom stereocenters. The first kappa shape index (κ1) is 33.5. The summed E-state index contributed by atoms with van der Waals surface area (Å²) in [6.07, 6.45) is -0.919. The van der Waals surface area contributed by atoms with Crippen molar-refractivity contribution in [3.8, 4) is 5.75 Å². The number of phenolic OH excluding ortho intramolecular Hbond substituents is 1. The number of aliphatic imine (C=N–C) groups is 1. The minimum Gasteiger partial charge on any atom is -0.508 e. The van der Waals surface area contributed by atoms with Gasteiger partial charge in [0, 0.05) is 19.4 Å². The number of carboxylic acids is 1. The first-order valence-electron chi connectivity index (χ1n) is 13.3. The van der Waals surface area contributed by atoms with E-state index < -0.39 is 54.0 Å². The normalized spacial score (nSPS) is 14.4. The molecule has 0 radical (unpaired) electrons. The maximum absolute atomic E-state index is 13.5. The highest BCUT2D eigenvalue weighted by atomic mass is 16.4. The first-order chi connectivity index (χ1) is 19.9. The van der Waals surface area contributed by atoms with Crippen LogP contribution in [0.4, 0.5) is 0 Å². The second-order valence-electron chi connectivity index (χ2n) is 9.80. The Morgan fingerprint density at radius 1 is 0.810 bits per heavy atom. The van der Waals surface area contributed by atoms with Gasteiger partial charge < -0.3 is 48.5 Å². The van der Waals surface area contributed by atoms with Gasteiger partial charge in [0.1, 0.15) is 29.9 Å². The molecule has 0 aliphatic heterocycles. The number of carbonyl (C=O) groups is 4. The Labute approximate surface area is 243 Å². The van der Waals surface area contributed by atoms with E-state index in [-0.39, 0.29) is 43.9 Å². The van der Waals surface area contributed by atoms with Gasteiger partial charge in [-0.3, -0.25) is 19.4 Å². The summed E-state index contributed by atoms with van der Waals surface area (Å²) in [4.78, 5) is 55.2. The van der Waals surface area contributed by atoms with E-state index in [1.165, 1.54) is 19.1 Å². The van der Waals surface area contributed by atoms with E-state index in [0.29, 0.717) is 11.1 Å². The Morgan fingerprint density at radius 3 is 1.81 bits per heavy atom. The SMILES string of the molecule is CC(O)C(N)C(=O)NC(Cc1ccccc1)C(=O)NC(Cc1ccc(O)cc1)C(=O)NC(CCCN=C(N)N)C(=O)O. The van der Waals surface area contributed by atoms with E-state index in [1.807, 2.05) is 0 Å². The van der Waals surface area contributed by atoms with Crippen molar-refractivity contribution < 1.29 is 34.5 Å². The van der Waals surface area contributed by atoms with E-state index in [0.717, 1.165) is 0 Å². The molecule has 2 aromatic rings. The number of nitrogens with two attached hydrogens (primary N) is 3. The number of hydrogen-bond donors (Lipinski definition) is 9. The van der Waals surface area contributed by atoms with Crippen molar-refractivity contribution in [2.45, 2.75) is 62.9 Å². The van der Waals surface area contributed by atoms with Gasteiger partial charge in [-0.15, -0.1) is 0 Å². The molecule has 42 heavy (non-hydrogen) atoms. The van der Waals surface area contributed by atoms with Crippen molar-refractivity contribution in [2.24, 2.45) is 22.2 Å². The predicted octanol–water partition coefficient (Wildman–Crippen LogP) is -1.52. The molecule has 0 saturated carbocycles. The highest BCUT2D eigenvalue weighted by Crippen LogP contribution is 2.13. The van der Waals surface area contributed by atoms with Crippen LogP contribution in [0.15, 0.2) is 59.6 Å². The number of aliphatic hydroxyl groups excluding tert-OH is 1. The minimum atomic E-state index is -1.30. The highest BCUT2D eigenvalue weighted by Gasteiger charge is 2.31. The number of amides is 3. The Kier molecular flexibility index (Phi) is 13.2. The fourth-order valence-electron chi connectivity index (χ4n) is 3.93. The molecule has 0 fully saturated rings. The molecule has 0 aromatic heterocycles. The smallest absolute Gasteiger partial charge is 0.326 e. The summed E-state index contributed by atoms with van der Waals surface area (Å²) >= 11 is 0. The lowest BCUT2D eigenvalue weighted by Crippen LogP contribution is -2.59. The quantitative estimate of drug-likeness (QED) is 0.0624. The van der Waals surface area contributed by atoms with Crippen LogP contribution in [0, 0.1) is 0 Å². The zero-order chi connectivity index (χ0) is 31.2.